The number of thiophene rings is 1. The van der Waals surface area contributed by atoms with Crippen molar-refractivity contribution in [2.24, 2.45) is 0 Å². The summed E-state index contributed by atoms with van der Waals surface area (Å²) in [6.45, 7) is 1.52. The molecule has 0 bridgehead atoms. The maximum atomic E-state index is 11.8. The zero-order valence-corrected chi connectivity index (χ0v) is 10.0. The first kappa shape index (κ1) is 10.9. The molecule has 0 aliphatic heterocycles. The number of nitrogens with one attached hydrogen (secondary N) is 1. The van der Waals surface area contributed by atoms with E-state index in [1.54, 1.807) is 0 Å². The predicted octanol–water partition coefficient (Wildman–Crippen LogP) is 2.36. The molecule has 0 saturated heterocycles. The van der Waals surface area contributed by atoms with Crippen molar-refractivity contribution in [1.29, 1.82) is 0 Å². The molecule has 0 radical (unpaired) electrons. The lowest BCUT2D eigenvalue weighted by Crippen LogP contribution is -2.25. The lowest BCUT2D eigenvalue weighted by molar-refractivity contribution is 0.0954. The van der Waals surface area contributed by atoms with Crippen molar-refractivity contribution in [1.82, 2.24) is 5.32 Å². The van der Waals surface area contributed by atoms with Gasteiger partial charge in [-0.2, -0.15) is 0 Å². The van der Waals surface area contributed by atoms with Crippen LogP contribution in [0, 0.1) is 10.5 Å². The van der Waals surface area contributed by atoms with Gasteiger partial charge in [-0.25, -0.2) is 4.39 Å². The van der Waals surface area contributed by atoms with Gasteiger partial charge in [0.25, 0.3) is 5.91 Å². The molecule has 0 saturated carbocycles. The first-order chi connectivity index (χ1) is 6.16. The highest BCUT2D eigenvalue weighted by Crippen LogP contribution is 2.23. The molecule has 0 aromatic carbocycles. The van der Waals surface area contributed by atoms with Crippen molar-refractivity contribution in [3.63, 3.8) is 0 Å². The molecule has 1 N–H and O–H groups in total. The fraction of sp³-hybridized carbons (Fsp3) is 0.375. The Kier molecular flexibility index (Phi) is 4.11. The molecule has 5 heteroatoms. The Morgan fingerprint density at radius 1 is 1.77 bits per heavy atom. The van der Waals surface area contributed by atoms with Crippen molar-refractivity contribution in [2.75, 3.05) is 13.2 Å². The predicted molar refractivity (Wildman–Crippen MR) is 60.1 cm³/mol. The molecular weight excluding hydrogens is 304 g/mol. The fourth-order valence-electron chi connectivity index (χ4n) is 0.824. The first-order valence-corrected chi connectivity index (χ1v) is 5.70. The maximum Gasteiger partial charge on any atom is 0.262 e. The number of rotatable bonds is 3. The second-order valence-corrected chi connectivity index (χ2v) is 4.47. The van der Waals surface area contributed by atoms with E-state index in [2.05, 4.69) is 27.9 Å². The van der Waals surface area contributed by atoms with Crippen LogP contribution in [0.1, 0.15) is 15.2 Å². The van der Waals surface area contributed by atoms with Gasteiger partial charge in [0.2, 0.25) is 0 Å². The fourth-order valence-corrected chi connectivity index (χ4v) is 2.67. The summed E-state index contributed by atoms with van der Waals surface area (Å²) in [5, 5.41) is 4.42. The van der Waals surface area contributed by atoms with Crippen LogP contribution in [0.3, 0.4) is 0 Å². The average Bonchev–Trinajstić information content (AvgIpc) is 2.44. The number of hydrogen-bond donors (Lipinski definition) is 1. The molecule has 0 unspecified atom stereocenters. The third-order valence-electron chi connectivity index (χ3n) is 1.49. The summed E-state index contributed by atoms with van der Waals surface area (Å²) in [4.78, 5) is 12.0. The third-order valence-corrected chi connectivity index (χ3v) is 4.34. The molecule has 72 valence electrons. The Labute approximate surface area is 93.7 Å². The van der Waals surface area contributed by atoms with Crippen LogP contribution < -0.4 is 5.32 Å². The molecule has 0 fully saturated rings. The van der Waals surface area contributed by atoms with Crippen molar-refractivity contribution >= 4 is 39.8 Å². The lowest BCUT2D eigenvalue weighted by atomic mass is 10.3. The van der Waals surface area contributed by atoms with Gasteiger partial charge in [0.15, 0.2) is 0 Å². The zero-order valence-electron chi connectivity index (χ0n) is 7.06. The Morgan fingerprint density at radius 3 is 2.92 bits per heavy atom. The van der Waals surface area contributed by atoms with E-state index in [-0.39, 0.29) is 12.5 Å². The van der Waals surface area contributed by atoms with Crippen LogP contribution in [0.2, 0.25) is 0 Å². The number of alkyl halides is 1. The van der Waals surface area contributed by atoms with Crippen molar-refractivity contribution in [3.8, 4) is 0 Å². The maximum absolute atomic E-state index is 11.8. The van der Waals surface area contributed by atoms with Crippen LogP contribution in [0.25, 0.3) is 0 Å². The van der Waals surface area contributed by atoms with Crippen LogP contribution in [-0.2, 0) is 0 Å². The summed E-state index contributed by atoms with van der Waals surface area (Å²) in [7, 11) is 0. The standard InChI is InChI=1S/C8H9FINOS/c1-5-4-13-7(6(5)10)8(12)11-3-2-9/h4H,2-3H2,1H3,(H,11,12). The van der Waals surface area contributed by atoms with E-state index in [1.165, 1.54) is 11.3 Å². The number of hydrogen-bond acceptors (Lipinski definition) is 2. The minimum Gasteiger partial charge on any atom is -0.349 e. The number of carbonyl (C=O) groups excluding carboxylic acids is 1. The highest BCUT2D eigenvalue weighted by Gasteiger charge is 2.12. The molecule has 1 aromatic rings. The normalized spacial score (nSPS) is 10.1. The monoisotopic (exact) mass is 313 g/mol. The summed E-state index contributed by atoms with van der Waals surface area (Å²) >= 11 is 3.52. The largest absolute Gasteiger partial charge is 0.349 e. The quantitative estimate of drug-likeness (QED) is 0.853. The molecule has 0 aliphatic carbocycles. The molecule has 2 nitrogen and oxygen atoms in total. The van der Waals surface area contributed by atoms with E-state index < -0.39 is 6.67 Å². The van der Waals surface area contributed by atoms with E-state index in [0.717, 1.165) is 9.13 Å². The van der Waals surface area contributed by atoms with Gasteiger partial charge in [0.05, 0.1) is 0 Å². The number of halogens is 2. The smallest absolute Gasteiger partial charge is 0.262 e. The van der Waals surface area contributed by atoms with Gasteiger partial charge < -0.3 is 5.32 Å². The Bertz CT molecular complexity index is 313. The minimum atomic E-state index is -0.521. The zero-order chi connectivity index (χ0) is 9.84. The van der Waals surface area contributed by atoms with Gasteiger partial charge in [-0.15, -0.1) is 11.3 Å². The summed E-state index contributed by atoms with van der Waals surface area (Å²) in [6, 6.07) is 0. The van der Waals surface area contributed by atoms with Gasteiger partial charge in [-0.05, 0) is 40.5 Å². The summed E-state index contributed by atoms with van der Waals surface area (Å²) in [5.74, 6) is -0.180. The third kappa shape index (κ3) is 2.63. The van der Waals surface area contributed by atoms with Crippen LogP contribution in [0.5, 0.6) is 0 Å². The molecule has 1 amide bonds. The number of amides is 1. The molecule has 1 aromatic heterocycles. The van der Waals surface area contributed by atoms with E-state index >= 15 is 0 Å². The second-order valence-electron chi connectivity index (χ2n) is 2.51. The summed E-state index contributed by atoms with van der Waals surface area (Å²) in [6.07, 6.45) is 0. The van der Waals surface area contributed by atoms with Gasteiger partial charge in [-0.1, -0.05) is 0 Å². The Balaban J connectivity index is 2.71. The summed E-state index contributed by atoms with van der Waals surface area (Å²) < 4.78 is 12.7. The van der Waals surface area contributed by atoms with E-state index in [9.17, 15) is 9.18 Å². The van der Waals surface area contributed by atoms with Crippen molar-refractivity contribution < 1.29 is 9.18 Å². The van der Waals surface area contributed by atoms with Crippen LogP contribution in [0.4, 0.5) is 4.39 Å². The molecule has 0 aliphatic rings. The SMILES string of the molecule is Cc1csc(C(=O)NCCF)c1I. The van der Waals surface area contributed by atoms with E-state index in [1.807, 2.05) is 12.3 Å². The Hall–Kier alpha value is -0.170. The van der Waals surface area contributed by atoms with E-state index in [0.29, 0.717) is 4.88 Å². The molecule has 0 spiro atoms. The van der Waals surface area contributed by atoms with Crippen LogP contribution >= 0.6 is 33.9 Å². The molecule has 1 heterocycles. The number of carbonyl (C=O) groups is 1. The lowest BCUT2D eigenvalue weighted by Gasteiger charge is -2.00. The minimum absolute atomic E-state index is 0.0891. The molecule has 1 rings (SSSR count). The molecule has 13 heavy (non-hydrogen) atoms. The first-order valence-electron chi connectivity index (χ1n) is 3.74. The van der Waals surface area contributed by atoms with Gasteiger partial charge >= 0.3 is 0 Å². The number of aryl methyl sites for hydroxylation is 1. The topological polar surface area (TPSA) is 29.1 Å². The van der Waals surface area contributed by atoms with Crippen LogP contribution in [-0.4, -0.2) is 19.1 Å². The summed E-state index contributed by atoms with van der Waals surface area (Å²) in [5.41, 5.74) is 1.09. The van der Waals surface area contributed by atoms with Gasteiger partial charge in [-0.3, -0.25) is 4.79 Å². The van der Waals surface area contributed by atoms with E-state index in [4.69, 9.17) is 0 Å². The van der Waals surface area contributed by atoms with Crippen LogP contribution in [0.15, 0.2) is 5.38 Å². The van der Waals surface area contributed by atoms with Gasteiger partial charge in [0, 0.05) is 10.1 Å². The van der Waals surface area contributed by atoms with Gasteiger partial charge in [0.1, 0.15) is 11.6 Å². The van der Waals surface area contributed by atoms with Crippen molar-refractivity contribution in [3.05, 3.63) is 19.4 Å². The molecule has 0 atom stereocenters. The highest BCUT2D eigenvalue weighted by atomic mass is 127. The average molecular weight is 313 g/mol. The Morgan fingerprint density at radius 2 is 2.46 bits per heavy atom. The molecular formula is C8H9FINOS. The van der Waals surface area contributed by atoms with Crippen molar-refractivity contribution in [2.45, 2.75) is 6.92 Å². The second kappa shape index (κ2) is 4.90. The highest BCUT2D eigenvalue weighted by molar-refractivity contribution is 14.1.